The third-order valence-corrected chi connectivity index (χ3v) is 5.31. The summed E-state index contributed by atoms with van der Waals surface area (Å²) in [6.45, 7) is 4.60. The van der Waals surface area contributed by atoms with Gasteiger partial charge in [-0.2, -0.15) is 0 Å². The number of amides is 1. The van der Waals surface area contributed by atoms with Crippen molar-refractivity contribution in [3.63, 3.8) is 0 Å². The third-order valence-electron chi connectivity index (χ3n) is 5.10. The highest BCUT2D eigenvalue weighted by Gasteiger charge is 2.14. The van der Waals surface area contributed by atoms with Gasteiger partial charge in [0.05, 0.1) is 17.1 Å². The van der Waals surface area contributed by atoms with Crippen LogP contribution in [0.2, 0.25) is 5.02 Å². The first-order valence-corrected chi connectivity index (χ1v) is 10.1. The lowest BCUT2D eigenvalue weighted by atomic mass is 10.1. The van der Waals surface area contributed by atoms with E-state index < -0.39 is 0 Å². The lowest BCUT2D eigenvalue weighted by Gasteiger charge is -2.10. The molecule has 0 radical (unpaired) electrons. The predicted molar refractivity (Wildman–Crippen MR) is 122 cm³/mol. The van der Waals surface area contributed by atoms with E-state index in [0.717, 1.165) is 33.3 Å². The van der Waals surface area contributed by atoms with Gasteiger partial charge in [-0.1, -0.05) is 17.7 Å². The number of fused-ring (bicyclic) bond motifs is 1. The molecule has 9 heteroatoms. The number of hydrogen-bond acceptors (Lipinski definition) is 6. The number of pyridine rings is 2. The van der Waals surface area contributed by atoms with Crippen LogP contribution in [-0.4, -0.2) is 25.4 Å². The molecule has 0 aliphatic carbocycles. The van der Waals surface area contributed by atoms with Gasteiger partial charge in [0, 0.05) is 30.0 Å². The fourth-order valence-electron chi connectivity index (χ4n) is 3.53. The zero-order valence-electron chi connectivity index (χ0n) is 17.2. The molecule has 4 aromatic rings. The van der Waals surface area contributed by atoms with Crippen molar-refractivity contribution in [3.05, 3.63) is 75.8 Å². The lowest BCUT2D eigenvalue weighted by Crippen LogP contribution is -2.24. The average Bonchev–Trinajstić information content (AvgIpc) is 3.07. The molecule has 0 saturated heterocycles. The maximum atomic E-state index is 12.6. The second-order valence-electron chi connectivity index (χ2n) is 7.40. The Labute approximate surface area is 184 Å². The summed E-state index contributed by atoms with van der Waals surface area (Å²) in [5.74, 6) is 0.412. The fraction of sp³-hybridized carbons (Fsp3) is 0.182. The summed E-state index contributed by atoms with van der Waals surface area (Å²) in [5.41, 5.74) is 16.6. The van der Waals surface area contributed by atoms with Crippen molar-refractivity contribution in [2.75, 3.05) is 11.5 Å². The van der Waals surface area contributed by atoms with Crippen molar-refractivity contribution in [3.8, 4) is 0 Å². The quantitative estimate of drug-likeness (QED) is 0.442. The normalized spacial score (nSPS) is 11.1. The number of benzene rings is 1. The Morgan fingerprint density at radius 3 is 2.74 bits per heavy atom. The summed E-state index contributed by atoms with van der Waals surface area (Å²) < 4.78 is 1.73. The van der Waals surface area contributed by atoms with E-state index in [1.165, 1.54) is 0 Å². The molecule has 31 heavy (non-hydrogen) atoms. The van der Waals surface area contributed by atoms with Gasteiger partial charge in [0.1, 0.15) is 11.5 Å². The van der Waals surface area contributed by atoms with Crippen molar-refractivity contribution < 1.29 is 4.79 Å². The minimum Gasteiger partial charge on any atom is -0.384 e. The highest BCUT2D eigenvalue weighted by Crippen LogP contribution is 2.20. The number of nitrogens with zero attached hydrogens (tertiary/aromatic N) is 4. The van der Waals surface area contributed by atoms with Gasteiger partial charge < -0.3 is 21.4 Å². The number of nitrogens with one attached hydrogen (secondary N) is 1. The van der Waals surface area contributed by atoms with Gasteiger partial charge in [-0.25, -0.2) is 9.97 Å². The number of anilines is 2. The lowest BCUT2D eigenvalue weighted by molar-refractivity contribution is 0.0946. The molecule has 0 bridgehead atoms. The van der Waals surface area contributed by atoms with Crippen LogP contribution >= 0.6 is 11.6 Å². The van der Waals surface area contributed by atoms with Gasteiger partial charge >= 0.3 is 0 Å². The van der Waals surface area contributed by atoms with Crippen molar-refractivity contribution in [2.24, 2.45) is 0 Å². The van der Waals surface area contributed by atoms with E-state index in [1.807, 2.05) is 38.1 Å². The number of rotatable bonds is 5. The van der Waals surface area contributed by atoms with Crippen LogP contribution in [0.3, 0.4) is 0 Å². The van der Waals surface area contributed by atoms with Gasteiger partial charge in [-0.3, -0.25) is 9.78 Å². The molecule has 0 aliphatic rings. The minimum absolute atomic E-state index is 0.252. The molecule has 158 valence electrons. The van der Waals surface area contributed by atoms with Crippen LogP contribution in [-0.2, 0) is 13.1 Å². The average molecular weight is 436 g/mol. The molecular formula is C22H22ClN7O. The molecule has 3 aromatic heterocycles. The second kappa shape index (κ2) is 8.23. The molecule has 0 fully saturated rings. The van der Waals surface area contributed by atoms with Crippen molar-refractivity contribution in [1.29, 1.82) is 0 Å². The van der Waals surface area contributed by atoms with E-state index in [0.29, 0.717) is 23.9 Å². The van der Waals surface area contributed by atoms with Crippen molar-refractivity contribution in [2.45, 2.75) is 26.9 Å². The molecule has 0 saturated carbocycles. The summed E-state index contributed by atoms with van der Waals surface area (Å²) in [7, 11) is 0. The first kappa shape index (κ1) is 20.6. The van der Waals surface area contributed by atoms with E-state index >= 15 is 0 Å². The van der Waals surface area contributed by atoms with Gasteiger partial charge in [-0.05, 0) is 54.8 Å². The highest BCUT2D eigenvalue weighted by molar-refractivity contribution is 6.31. The number of nitrogens with two attached hydrogens (primary N) is 2. The van der Waals surface area contributed by atoms with Crippen LogP contribution < -0.4 is 16.8 Å². The van der Waals surface area contributed by atoms with E-state index in [4.69, 9.17) is 23.1 Å². The number of nitrogen functional groups attached to an aromatic ring is 2. The Morgan fingerprint density at radius 1 is 1.16 bits per heavy atom. The molecule has 8 nitrogen and oxygen atoms in total. The zero-order chi connectivity index (χ0) is 22.1. The zero-order valence-corrected chi connectivity index (χ0v) is 17.9. The maximum absolute atomic E-state index is 12.6. The number of carbonyl (C=O) groups is 1. The van der Waals surface area contributed by atoms with Gasteiger partial charge in [-0.15, -0.1) is 0 Å². The number of aryl methyl sites for hydroxylation is 2. The van der Waals surface area contributed by atoms with Crippen LogP contribution in [0, 0.1) is 13.8 Å². The van der Waals surface area contributed by atoms with Gasteiger partial charge in [0.25, 0.3) is 5.91 Å². The van der Waals surface area contributed by atoms with E-state index in [1.54, 1.807) is 23.0 Å². The SMILES string of the molecule is Cc1cc(N)nc(C)c1CNC(=O)c1cn(Cc2ccc3ncc(Cl)cc3c2)c(N)n1. The standard InChI is InChI=1S/C22H22ClN7O/c1-12-5-20(24)28-13(2)17(12)9-27-21(31)19-11-30(22(25)29-19)10-14-3-4-18-15(6-14)7-16(23)8-26-18/h3-8,11H,9-10H2,1-2H3,(H2,24,28)(H2,25,29)(H,27,31). The molecule has 1 amide bonds. The number of carbonyl (C=O) groups excluding carboxylic acids is 1. The third kappa shape index (κ3) is 4.44. The van der Waals surface area contributed by atoms with Crippen LogP contribution in [0.25, 0.3) is 10.9 Å². The Morgan fingerprint density at radius 2 is 1.97 bits per heavy atom. The van der Waals surface area contributed by atoms with Crippen LogP contribution in [0.5, 0.6) is 0 Å². The number of aromatic nitrogens is 4. The molecule has 5 N–H and O–H groups in total. The minimum atomic E-state index is -0.310. The fourth-order valence-corrected chi connectivity index (χ4v) is 3.70. The first-order valence-electron chi connectivity index (χ1n) is 9.68. The van der Waals surface area contributed by atoms with Crippen molar-refractivity contribution >= 4 is 40.2 Å². The number of halogens is 1. The summed E-state index contributed by atoms with van der Waals surface area (Å²) in [5, 5.41) is 4.39. The Kier molecular flexibility index (Phi) is 5.48. The van der Waals surface area contributed by atoms with Crippen LogP contribution in [0.1, 0.15) is 32.9 Å². The molecule has 0 unspecified atom stereocenters. The molecule has 0 spiro atoms. The molecular weight excluding hydrogens is 414 g/mol. The molecule has 4 rings (SSSR count). The summed E-state index contributed by atoms with van der Waals surface area (Å²) >= 11 is 6.04. The molecule has 3 heterocycles. The van der Waals surface area contributed by atoms with Crippen LogP contribution in [0.15, 0.2) is 42.7 Å². The molecule has 1 aromatic carbocycles. The summed E-state index contributed by atoms with van der Waals surface area (Å²) in [6.07, 6.45) is 3.26. The van der Waals surface area contributed by atoms with E-state index in [-0.39, 0.29) is 17.5 Å². The maximum Gasteiger partial charge on any atom is 0.271 e. The summed E-state index contributed by atoms with van der Waals surface area (Å²) in [6, 6.07) is 9.52. The predicted octanol–water partition coefficient (Wildman–Crippen LogP) is 3.24. The topological polar surface area (TPSA) is 125 Å². The molecule has 0 atom stereocenters. The molecule has 0 aliphatic heterocycles. The smallest absolute Gasteiger partial charge is 0.271 e. The number of hydrogen-bond donors (Lipinski definition) is 3. The Bertz CT molecular complexity index is 1280. The van der Waals surface area contributed by atoms with Gasteiger partial charge in [0.15, 0.2) is 0 Å². The van der Waals surface area contributed by atoms with E-state index in [9.17, 15) is 4.79 Å². The van der Waals surface area contributed by atoms with Crippen LogP contribution in [0.4, 0.5) is 11.8 Å². The Balaban J connectivity index is 1.49. The monoisotopic (exact) mass is 435 g/mol. The summed E-state index contributed by atoms with van der Waals surface area (Å²) in [4.78, 5) is 25.4. The second-order valence-corrected chi connectivity index (χ2v) is 7.84. The largest absolute Gasteiger partial charge is 0.384 e. The highest BCUT2D eigenvalue weighted by atomic mass is 35.5. The Hall–Kier alpha value is -3.65. The van der Waals surface area contributed by atoms with Gasteiger partial charge in [0.2, 0.25) is 5.95 Å². The number of imidazole rings is 1. The first-order chi connectivity index (χ1) is 14.8. The van der Waals surface area contributed by atoms with Crippen molar-refractivity contribution in [1.82, 2.24) is 24.8 Å². The van der Waals surface area contributed by atoms with E-state index in [2.05, 4.69) is 20.3 Å².